The monoisotopic (exact) mass is 656 g/mol. The number of nitrogens with zero attached hydrogens (tertiary/aromatic N) is 4. The van der Waals surface area contributed by atoms with E-state index >= 15 is 0 Å². The van der Waals surface area contributed by atoms with Crippen LogP contribution in [0.1, 0.15) is 63.8 Å². The van der Waals surface area contributed by atoms with Crippen LogP contribution in [0.5, 0.6) is 0 Å². The second-order valence-electron chi connectivity index (χ2n) is 13.5. The maximum absolute atomic E-state index is 9.88. The first-order valence-electron chi connectivity index (χ1n) is 17.7. The quantitative estimate of drug-likeness (QED) is 0.179. The van der Waals surface area contributed by atoms with Gasteiger partial charge in [-0.2, -0.15) is 5.26 Å². The van der Waals surface area contributed by atoms with Crippen LogP contribution in [-0.2, 0) is 19.3 Å². The zero-order chi connectivity index (χ0) is 34.3. The minimum absolute atomic E-state index is 0.584. The van der Waals surface area contributed by atoms with Crippen LogP contribution in [0, 0.1) is 11.3 Å². The Balaban J connectivity index is 1.26. The van der Waals surface area contributed by atoms with Gasteiger partial charge in [-0.1, -0.05) is 109 Å². The van der Waals surface area contributed by atoms with Gasteiger partial charge in [0.15, 0.2) is 0 Å². The standard InChI is InChI=1S/C47H36N4/c1-2-12-35-26-37-25-33-16-7-4-8-17-34(33)27-41(37)39-22-21-36(47-46(39)42(35)30-51(47)38-18-11-15-32(23-38)29-48)28-45-49-43-20-10-9-19-40(43)44(50-45)24-31-13-5-3-6-14-31/h2-3,5-23,25,27H,4,24,26,28,30H2,1H3/b12-2-. The van der Waals surface area contributed by atoms with Crippen molar-refractivity contribution in [3.63, 3.8) is 0 Å². The molecule has 0 saturated heterocycles. The fourth-order valence-corrected chi connectivity index (χ4v) is 8.03. The van der Waals surface area contributed by atoms with Crippen molar-refractivity contribution in [3.05, 3.63) is 183 Å². The van der Waals surface area contributed by atoms with E-state index in [0.29, 0.717) is 12.0 Å². The van der Waals surface area contributed by atoms with Crippen molar-refractivity contribution >= 4 is 40.0 Å². The van der Waals surface area contributed by atoms with E-state index in [0.717, 1.165) is 53.9 Å². The number of nitriles is 1. The molecule has 0 atom stereocenters. The number of hydrogen-bond donors (Lipinski definition) is 0. The molecule has 2 aliphatic carbocycles. The van der Waals surface area contributed by atoms with E-state index in [1.807, 2.05) is 18.2 Å². The Morgan fingerprint density at radius 1 is 0.804 bits per heavy atom. The van der Waals surface area contributed by atoms with Crippen LogP contribution in [-0.4, -0.2) is 16.5 Å². The molecule has 0 saturated carbocycles. The maximum Gasteiger partial charge on any atom is 0.133 e. The minimum atomic E-state index is 0.584. The second-order valence-corrected chi connectivity index (χ2v) is 13.5. The van der Waals surface area contributed by atoms with E-state index < -0.39 is 0 Å². The highest BCUT2D eigenvalue weighted by molar-refractivity contribution is 6.02. The van der Waals surface area contributed by atoms with Gasteiger partial charge in [0.25, 0.3) is 0 Å². The number of rotatable bonds is 6. The lowest BCUT2D eigenvalue weighted by atomic mass is 9.89. The third kappa shape index (κ3) is 5.58. The van der Waals surface area contributed by atoms with Gasteiger partial charge in [-0.05, 0) is 100 Å². The normalized spacial score (nSPS) is 14.3. The fraction of sp³-hybridized carbons (Fsp3) is 0.128. The fourth-order valence-electron chi connectivity index (χ4n) is 8.03. The molecular weight excluding hydrogens is 621 g/mol. The van der Waals surface area contributed by atoms with Crippen LogP contribution in [0.15, 0.2) is 133 Å². The largest absolute Gasteiger partial charge is 0.336 e. The summed E-state index contributed by atoms with van der Waals surface area (Å²) < 4.78 is 0. The molecule has 2 heterocycles. The number of benzene rings is 5. The highest BCUT2D eigenvalue weighted by Gasteiger charge is 2.35. The molecule has 0 radical (unpaired) electrons. The lowest BCUT2D eigenvalue weighted by molar-refractivity contribution is 0.941. The van der Waals surface area contributed by atoms with Crippen LogP contribution in [0.4, 0.5) is 11.4 Å². The van der Waals surface area contributed by atoms with Gasteiger partial charge in [-0.3, -0.25) is 0 Å². The predicted molar refractivity (Wildman–Crippen MR) is 210 cm³/mol. The van der Waals surface area contributed by atoms with Crippen molar-refractivity contribution in [1.82, 2.24) is 9.97 Å². The third-order valence-corrected chi connectivity index (χ3v) is 10.3. The summed E-state index contributed by atoms with van der Waals surface area (Å²) in [6.07, 6.45) is 16.6. The van der Waals surface area contributed by atoms with E-state index in [1.165, 1.54) is 61.3 Å². The van der Waals surface area contributed by atoms with E-state index in [2.05, 4.69) is 139 Å². The molecule has 0 spiro atoms. The molecule has 244 valence electrons. The number of fused-ring (bicyclic) bond motifs is 4. The van der Waals surface area contributed by atoms with Gasteiger partial charge >= 0.3 is 0 Å². The topological polar surface area (TPSA) is 52.8 Å². The van der Waals surface area contributed by atoms with Crippen LogP contribution in [0.2, 0.25) is 0 Å². The number of allylic oxidation sites excluding steroid dienone is 5. The van der Waals surface area contributed by atoms with Crippen molar-refractivity contribution < 1.29 is 0 Å². The highest BCUT2D eigenvalue weighted by atomic mass is 15.2. The summed E-state index contributed by atoms with van der Waals surface area (Å²) in [5.41, 5.74) is 17.6. The summed E-state index contributed by atoms with van der Waals surface area (Å²) in [4.78, 5) is 12.8. The summed E-state index contributed by atoms with van der Waals surface area (Å²) in [5, 5.41) is 11.0. The summed E-state index contributed by atoms with van der Waals surface area (Å²) in [6, 6.07) is 38.7. The minimum Gasteiger partial charge on any atom is -0.336 e. The Morgan fingerprint density at radius 2 is 1.63 bits per heavy atom. The average molecular weight is 657 g/mol. The molecular formula is C47H36N4. The van der Waals surface area contributed by atoms with Crippen LogP contribution < -0.4 is 4.90 Å². The first-order valence-corrected chi connectivity index (χ1v) is 17.7. The summed E-state index contributed by atoms with van der Waals surface area (Å²) in [5.74, 6) is 0.809. The molecule has 1 aromatic heterocycles. The molecule has 6 aromatic rings. The van der Waals surface area contributed by atoms with Crippen molar-refractivity contribution in [2.45, 2.75) is 32.6 Å². The van der Waals surface area contributed by atoms with E-state index in [4.69, 9.17) is 9.97 Å². The van der Waals surface area contributed by atoms with Gasteiger partial charge in [-0.25, -0.2) is 9.97 Å². The van der Waals surface area contributed by atoms with Gasteiger partial charge in [0.1, 0.15) is 5.82 Å². The summed E-state index contributed by atoms with van der Waals surface area (Å²) in [7, 11) is 0. The number of para-hydroxylation sites is 1. The molecule has 0 fully saturated rings. The Morgan fingerprint density at radius 3 is 2.47 bits per heavy atom. The molecule has 5 aromatic carbocycles. The van der Waals surface area contributed by atoms with E-state index in [1.54, 1.807) is 0 Å². The van der Waals surface area contributed by atoms with Crippen molar-refractivity contribution in [1.29, 1.82) is 5.26 Å². The Bertz CT molecular complexity index is 2530. The van der Waals surface area contributed by atoms with E-state index in [-0.39, 0.29) is 0 Å². The molecule has 0 bridgehead atoms. The molecule has 4 heteroatoms. The number of hydrogen-bond acceptors (Lipinski definition) is 4. The van der Waals surface area contributed by atoms with Crippen LogP contribution in [0.25, 0.3) is 39.8 Å². The lowest BCUT2D eigenvalue weighted by Gasteiger charge is -2.24. The smallest absolute Gasteiger partial charge is 0.133 e. The first kappa shape index (κ1) is 30.7. The molecule has 0 N–H and O–H groups in total. The van der Waals surface area contributed by atoms with Crippen LogP contribution >= 0.6 is 0 Å². The second kappa shape index (κ2) is 12.9. The van der Waals surface area contributed by atoms with E-state index in [9.17, 15) is 5.26 Å². The van der Waals surface area contributed by atoms with Gasteiger partial charge in [0.05, 0.1) is 28.5 Å². The molecule has 1 aliphatic heterocycles. The van der Waals surface area contributed by atoms with Crippen molar-refractivity contribution in [2.75, 3.05) is 11.4 Å². The maximum atomic E-state index is 9.88. The predicted octanol–water partition coefficient (Wildman–Crippen LogP) is 10.8. The van der Waals surface area contributed by atoms with Crippen molar-refractivity contribution in [3.8, 4) is 17.2 Å². The summed E-state index contributed by atoms with van der Waals surface area (Å²) in [6.45, 7) is 2.83. The zero-order valence-electron chi connectivity index (χ0n) is 28.6. The third-order valence-electron chi connectivity index (χ3n) is 10.3. The molecule has 4 nitrogen and oxygen atoms in total. The van der Waals surface area contributed by atoms with Crippen LogP contribution in [0.3, 0.4) is 0 Å². The van der Waals surface area contributed by atoms with Gasteiger partial charge < -0.3 is 4.90 Å². The highest BCUT2D eigenvalue weighted by Crippen LogP contribution is 2.52. The molecule has 0 unspecified atom stereocenters. The molecule has 0 amide bonds. The Labute approximate surface area is 299 Å². The Hall–Kier alpha value is -6.31. The average Bonchev–Trinajstić information content (AvgIpc) is 3.35. The molecule has 51 heavy (non-hydrogen) atoms. The van der Waals surface area contributed by atoms with Crippen molar-refractivity contribution in [2.24, 2.45) is 0 Å². The zero-order valence-corrected chi connectivity index (χ0v) is 28.6. The Kier molecular flexibility index (Phi) is 7.75. The summed E-state index contributed by atoms with van der Waals surface area (Å²) >= 11 is 0. The van der Waals surface area contributed by atoms with Gasteiger partial charge in [-0.15, -0.1) is 0 Å². The SMILES string of the molecule is C/C=C\C1=C2CN(c3cccc(C#N)c3)c3c(Cc4nc(Cc5ccccc5)c5ccccc5n4)ccc(c32)-c2cc3c(cc2C1)C=CCC=C3. The number of anilines is 2. The number of aromatic nitrogens is 2. The molecule has 3 aliphatic rings. The lowest BCUT2D eigenvalue weighted by Crippen LogP contribution is -2.16. The first-order chi connectivity index (χ1) is 25.2. The van der Waals surface area contributed by atoms with Gasteiger partial charge in [0.2, 0.25) is 0 Å². The molecule has 9 rings (SSSR count). The van der Waals surface area contributed by atoms with Gasteiger partial charge in [0, 0.05) is 36.0 Å².